The van der Waals surface area contributed by atoms with E-state index in [2.05, 4.69) is 19.2 Å². The van der Waals surface area contributed by atoms with E-state index in [1.54, 1.807) is 75.3 Å². The Kier molecular flexibility index (Phi) is 7.11. The first kappa shape index (κ1) is 22.7. The quantitative estimate of drug-likeness (QED) is 0.137. The predicted octanol–water partition coefficient (Wildman–Crippen LogP) is 8.97. The molecular weight excluding hydrogens is 479 g/mol. The summed E-state index contributed by atoms with van der Waals surface area (Å²) < 4.78 is 32.2. The highest BCUT2D eigenvalue weighted by atomic mass is 32.9. The summed E-state index contributed by atoms with van der Waals surface area (Å²) in [6.07, 6.45) is 0. The zero-order valence-corrected chi connectivity index (χ0v) is 20.8. The molecule has 1 aromatic heterocycles. The van der Waals surface area contributed by atoms with E-state index >= 15 is 0 Å². The van der Waals surface area contributed by atoms with E-state index in [9.17, 15) is 4.57 Å². The summed E-state index contributed by atoms with van der Waals surface area (Å²) in [5.74, 6) is 1.35. The topological polar surface area (TPSA) is 44.8 Å². The molecule has 0 radical (unpaired) electrons. The van der Waals surface area contributed by atoms with Crippen LogP contribution in [0.25, 0.3) is 11.1 Å². The van der Waals surface area contributed by atoms with Crippen molar-refractivity contribution in [1.29, 1.82) is 0 Å². The second kappa shape index (κ2) is 10.0. The van der Waals surface area contributed by atoms with Gasteiger partial charge in [0.05, 0.1) is 0 Å². The van der Waals surface area contributed by atoms with Gasteiger partial charge >= 0.3 is 7.82 Å². The summed E-state index contributed by atoms with van der Waals surface area (Å²) in [5.41, 5.74) is 2.92. The van der Waals surface area contributed by atoms with Gasteiger partial charge in [0.1, 0.15) is 21.1 Å². The van der Waals surface area contributed by atoms with Gasteiger partial charge in [0.25, 0.3) is 0 Å². The van der Waals surface area contributed by atoms with Crippen LogP contribution in [0, 0.1) is 3.82 Å². The average molecular weight is 501 g/mol. The van der Waals surface area contributed by atoms with Crippen LogP contribution in [0.1, 0.15) is 25.3 Å². The van der Waals surface area contributed by atoms with Crippen LogP contribution in [-0.2, 0) is 4.57 Å². The molecule has 0 aliphatic rings. The van der Waals surface area contributed by atoms with Crippen molar-refractivity contribution in [3.8, 4) is 28.4 Å². The first-order valence-corrected chi connectivity index (χ1v) is 14.0. The minimum atomic E-state index is -4.05. The van der Waals surface area contributed by atoms with Crippen molar-refractivity contribution >= 4 is 40.7 Å². The van der Waals surface area contributed by atoms with E-state index in [1.807, 2.05) is 24.3 Å². The Bertz CT molecular complexity index is 1240. The molecule has 4 aromatic rings. The number of para-hydroxylation sites is 2. The van der Waals surface area contributed by atoms with Crippen LogP contribution >= 0.6 is 40.7 Å². The van der Waals surface area contributed by atoms with Gasteiger partial charge in [-0.2, -0.15) is 4.57 Å². The highest BCUT2D eigenvalue weighted by Gasteiger charge is 2.34. The molecule has 164 valence electrons. The number of rotatable bonds is 8. The van der Waals surface area contributed by atoms with Gasteiger partial charge in [-0.1, -0.05) is 89.2 Å². The third-order valence-electron chi connectivity index (χ3n) is 4.58. The lowest BCUT2D eigenvalue weighted by Gasteiger charge is -2.22. The van der Waals surface area contributed by atoms with Crippen molar-refractivity contribution in [3.05, 3.63) is 93.6 Å². The predicted molar refractivity (Wildman–Crippen MR) is 135 cm³/mol. The van der Waals surface area contributed by atoms with Crippen molar-refractivity contribution in [1.82, 2.24) is 0 Å². The molecule has 1 heterocycles. The summed E-state index contributed by atoms with van der Waals surface area (Å²) in [6.45, 7) is 4.11. The summed E-state index contributed by atoms with van der Waals surface area (Å²) in [5, 5.41) is 2.05. The first-order chi connectivity index (χ1) is 15.4. The fraction of sp³-hybridized carbons (Fsp3) is 0.125. The molecule has 0 atom stereocenters. The van der Waals surface area contributed by atoms with Gasteiger partial charge in [-0.15, -0.1) is 0 Å². The highest BCUT2D eigenvalue weighted by Crippen LogP contribution is 2.51. The molecule has 8 heteroatoms. The summed E-state index contributed by atoms with van der Waals surface area (Å²) in [7, 11) is -0.868. The second-order valence-electron chi connectivity index (χ2n) is 7.25. The van der Waals surface area contributed by atoms with Gasteiger partial charge in [0, 0.05) is 10.9 Å². The Morgan fingerprint density at radius 3 is 1.94 bits per heavy atom. The van der Waals surface area contributed by atoms with Crippen molar-refractivity contribution < 1.29 is 18.1 Å². The lowest BCUT2D eigenvalue weighted by atomic mass is 9.98. The summed E-state index contributed by atoms with van der Waals surface area (Å²) in [4.78, 5) is 0. The van der Waals surface area contributed by atoms with E-state index in [1.165, 1.54) is 0 Å². The number of hydrogen-bond acceptors (Lipinski definition) is 7. The standard InChI is InChI=1S/C24H21O4PS3/c1-17(2)21-15-18(22-16-31-32-24(22)30)13-14-23(21)28-29(25,26-19-9-5-3-6-10-19)27-20-11-7-4-8-12-20/h3-17H,1-2H3. The molecule has 4 rings (SSSR count). The van der Waals surface area contributed by atoms with E-state index in [0.717, 1.165) is 20.5 Å². The fourth-order valence-electron chi connectivity index (χ4n) is 3.04. The Labute approximate surface area is 200 Å². The van der Waals surface area contributed by atoms with Crippen LogP contribution < -0.4 is 13.6 Å². The van der Waals surface area contributed by atoms with Gasteiger partial charge in [-0.05, 0) is 53.4 Å². The Morgan fingerprint density at radius 1 is 0.844 bits per heavy atom. The SMILES string of the molecule is CC(C)c1cc(-c2cssc2=S)ccc1OP(=O)(Oc1ccccc1)Oc1ccccc1. The molecule has 3 aromatic carbocycles. The largest absolute Gasteiger partial charge is 0.647 e. The second-order valence-corrected chi connectivity index (χ2v) is 11.4. The molecule has 0 spiro atoms. The van der Waals surface area contributed by atoms with E-state index in [4.69, 9.17) is 25.8 Å². The molecule has 0 aliphatic heterocycles. The van der Waals surface area contributed by atoms with Crippen LogP contribution in [0.3, 0.4) is 0 Å². The molecule has 0 unspecified atom stereocenters. The van der Waals surface area contributed by atoms with Crippen LogP contribution in [0.4, 0.5) is 0 Å². The average Bonchev–Trinajstić information content (AvgIpc) is 3.21. The summed E-state index contributed by atoms with van der Waals surface area (Å²) >= 11 is 5.46. The van der Waals surface area contributed by atoms with E-state index in [0.29, 0.717) is 17.2 Å². The number of benzene rings is 3. The molecule has 0 N–H and O–H groups in total. The zero-order valence-electron chi connectivity index (χ0n) is 17.5. The Balaban J connectivity index is 1.71. The fourth-order valence-corrected chi connectivity index (χ4v) is 6.72. The van der Waals surface area contributed by atoms with Crippen molar-refractivity contribution in [2.75, 3.05) is 0 Å². The normalized spacial score (nSPS) is 11.3. The zero-order chi connectivity index (χ0) is 22.6. The number of hydrogen-bond donors (Lipinski definition) is 0. The molecule has 0 bridgehead atoms. The minimum absolute atomic E-state index is 0.114. The lowest BCUT2D eigenvalue weighted by molar-refractivity contribution is 0.297. The molecular formula is C24H21O4PS3. The van der Waals surface area contributed by atoms with Gasteiger partial charge in [0.15, 0.2) is 0 Å². The molecule has 0 saturated heterocycles. The van der Waals surface area contributed by atoms with Crippen LogP contribution in [0.15, 0.2) is 84.2 Å². The molecule has 0 saturated carbocycles. The minimum Gasteiger partial charge on any atom is -0.386 e. The van der Waals surface area contributed by atoms with Crippen molar-refractivity contribution in [2.45, 2.75) is 19.8 Å². The molecule has 0 aliphatic carbocycles. The first-order valence-electron chi connectivity index (χ1n) is 9.94. The summed E-state index contributed by atoms with van der Waals surface area (Å²) in [6, 6.07) is 23.5. The van der Waals surface area contributed by atoms with Crippen LogP contribution in [0.2, 0.25) is 0 Å². The Hall–Kier alpha value is -2.44. The van der Waals surface area contributed by atoms with Gasteiger partial charge < -0.3 is 13.6 Å². The Morgan fingerprint density at radius 2 is 1.44 bits per heavy atom. The highest BCUT2D eigenvalue weighted by molar-refractivity contribution is 7.79. The van der Waals surface area contributed by atoms with Gasteiger partial charge in [0.2, 0.25) is 0 Å². The van der Waals surface area contributed by atoms with Gasteiger partial charge in [-0.3, -0.25) is 0 Å². The molecule has 4 nitrogen and oxygen atoms in total. The third kappa shape index (κ3) is 5.48. The monoisotopic (exact) mass is 500 g/mol. The maximum atomic E-state index is 13.8. The molecule has 0 amide bonds. The van der Waals surface area contributed by atoms with Crippen molar-refractivity contribution in [3.63, 3.8) is 0 Å². The van der Waals surface area contributed by atoms with Crippen LogP contribution in [0.5, 0.6) is 17.2 Å². The third-order valence-corrected chi connectivity index (χ3v) is 8.54. The molecule has 32 heavy (non-hydrogen) atoms. The van der Waals surface area contributed by atoms with Gasteiger partial charge in [-0.25, -0.2) is 0 Å². The maximum Gasteiger partial charge on any atom is 0.647 e. The molecule has 0 fully saturated rings. The smallest absolute Gasteiger partial charge is 0.386 e. The lowest BCUT2D eigenvalue weighted by Crippen LogP contribution is -2.09. The number of phosphoric acid groups is 1. The van der Waals surface area contributed by atoms with Crippen LogP contribution in [-0.4, -0.2) is 0 Å². The van der Waals surface area contributed by atoms with Crippen molar-refractivity contribution in [2.24, 2.45) is 0 Å². The number of phosphoric ester groups is 1. The van der Waals surface area contributed by atoms with E-state index in [-0.39, 0.29) is 5.92 Å². The maximum absolute atomic E-state index is 13.8. The van der Waals surface area contributed by atoms with E-state index < -0.39 is 7.82 Å².